The lowest BCUT2D eigenvalue weighted by atomic mass is 10.2. The van der Waals surface area contributed by atoms with Crippen molar-refractivity contribution in [1.29, 1.82) is 0 Å². The van der Waals surface area contributed by atoms with E-state index in [0.717, 1.165) is 7.11 Å². The first-order chi connectivity index (χ1) is 5.20. The number of aliphatic hydroxyl groups is 3. The maximum Gasteiger partial charge on any atom is 0.115 e. The summed E-state index contributed by atoms with van der Waals surface area (Å²) < 4.78 is 22.8. The van der Waals surface area contributed by atoms with E-state index >= 15 is 0 Å². The number of aliphatic hydroxyl groups excluding tert-OH is 3. The van der Waals surface area contributed by atoms with E-state index in [1.54, 1.807) is 0 Å². The molecule has 2 atom stereocenters. The van der Waals surface area contributed by atoms with Crippen molar-refractivity contribution in [2.24, 2.45) is 0 Å². The monoisotopic (exact) mass is 172 g/mol. The Morgan fingerprint density at radius 3 is 1.45 bits per heavy atom. The SMILES string of the molecule is CO.OC(CF)CC(O)CF. The van der Waals surface area contributed by atoms with Crippen LogP contribution in [0.1, 0.15) is 6.42 Å². The summed E-state index contributed by atoms with van der Waals surface area (Å²) in [6.45, 7) is -1.87. The average molecular weight is 172 g/mol. The van der Waals surface area contributed by atoms with Crippen molar-refractivity contribution in [3.63, 3.8) is 0 Å². The third-order valence-electron chi connectivity index (χ3n) is 0.900. The van der Waals surface area contributed by atoms with Crippen molar-refractivity contribution >= 4 is 0 Å². The quantitative estimate of drug-likeness (QED) is 0.543. The highest BCUT2D eigenvalue weighted by molar-refractivity contribution is 4.60. The molecule has 3 N–H and O–H groups in total. The van der Waals surface area contributed by atoms with Crippen molar-refractivity contribution in [2.75, 3.05) is 20.5 Å². The minimum absolute atomic E-state index is 0.229. The maximum absolute atomic E-state index is 11.4. The molecule has 0 heterocycles. The fourth-order valence-electron chi connectivity index (χ4n) is 0.440. The van der Waals surface area contributed by atoms with Crippen LogP contribution in [0.5, 0.6) is 0 Å². The number of halogens is 2. The number of hydrogen-bond acceptors (Lipinski definition) is 3. The van der Waals surface area contributed by atoms with Gasteiger partial charge in [0, 0.05) is 13.5 Å². The summed E-state index contributed by atoms with van der Waals surface area (Å²) in [7, 11) is 1.00. The summed E-state index contributed by atoms with van der Waals surface area (Å²) >= 11 is 0. The molecule has 0 aromatic rings. The van der Waals surface area contributed by atoms with Gasteiger partial charge in [-0.05, 0) is 0 Å². The van der Waals surface area contributed by atoms with Gasteiger partial charge in [-0.15, -0.1) is 0 Å². The molecular weight excluding hydrogens is 158 g/mol. The van der Waals surface area contributed by atoms with Gasteiger partial charge in [-0.25, -0.2) is 8.78 Å². The third kappa shape index (κ3) is 9.74. The zero-order chi connectivity index (χ0) is 9.28. The second-order valence-corrected chi connectivity index (χ2v) is 1.85. The predicted octanol–water partition coefficient (Wildman–Crippen LogP) is -0.354. The Bertz CT molecular complexity index is 64.8. The third-order valence-corrected chi connectivity index (χ3v) is 0.900. The van der Waals surface area contributed by atoms with Crippen molar-refractivity contribution < 1.29 is 24.1 Å². The van der Waals surface area contributed by atoms with Crippen LogP contribution >= 0.6 is 0 Å². The number of alkyl halides is 2. The summed E-state index contributed by atoms with van der Waals surface area (Å²) in [6, 6.07) is 0. The molecule has 0 aromatic carbocycles. The molecule has 0 saturated carbocycles. The smallest absolute Gasteiger partial charge is 0.115 e. The van der Waals surface area contributed by atoms with Crippen molar-refractivity contribution in [2.45, 2.75) is 18.6 Å². The van der Waals surface area contributed by atoms with Crippen LogP contribution in [0.2, 0.25) is 0 Å². The molecule has 0 fully saturated rings. The first kappa shape index (κ1) is 13.3. The van der Waals surface area contributed by atoms with Crippen LogP contribution in [-0.2, 0) is 0 Å². The lowest BCUT2D eigenvalue weighted by Crippen LogP contribution is -2.20. The first-order valence-electron chi connectivity index (χ1n) is 3.13. The fourth-order valence-corrected chi connectivity index (χ4v) is 0.440. The van der Waals surface area contributed by atoms with E-state index in [2.05, 4.69) is 0 Å². The molecule has 0 amide bonds. The van der Waals surface area contributed by atoms with Gasteiger partial charge in [0.15, 0.2) is 0 Å². The minimum atomic E-state index is -1.23. The molecule has 11 heavy (non-hydrogen) atoms. The van der Waals surface area contributed by atoms with Gasteiger partial charge in [0.25, 0.3) is 0 Å². The zero-order valence-electron chi connectivity index (χ0n) is 6.37. The lowest BCUT2D eigenvalue weighted by molar-refractivity contribution is 0.0522. The molecule has 0 aliphatic heterocycles. The van der Waals surface area contributed by atoms with Gasteiger partial charge in [0.1, 0.15) is 13.3 Å². The molecule has 70 valence electrons. The van der Waals surface area contributed by atoms with Crippen LogP contribution in [0, 0.1) is 0 Å². The van der Waals surface area contributed by atoms with E-state index in [9.17, 15) is 8.78 Å². The highest BCUT2D eigenvalue weighted by atomic mass is 19.1. The Morgan fingerprint density at radius 2 is 1.27 bits per heavy atom. The van der Waals surface area contributed by atoms with E-state index in [1.165, 1.54) is 0 Å². The second-order valence-electron chi connectivity index (χ2n) is 1.85. The fraction of sp³-hybridized carbons (Fsp3) is 1.00. The highest BCUT2D eigenvalue weighted by Gasteiger charge is 2.10. The standard InChI is InChI=1S/C5H10F2O2.CH4O/c6-2-4(8)1-5(9)3-7;1-2/h4-5,8-9H,1-3H2;2H,1H3. The summed E-state index contributed by atoms with van der Waals surface area (Å²) in [5.74, 6) is 0. The second kappa shape index (κ2) is 9.74. The molecule has 2 unspecified atom stereocenters. The van der Waals surface area contributed by atoms with E-state index in [-0.39, 0.29) is 6.42 Å². The lowest BCUT2D eigenvalue weighted by Gasteiger charge is -2.08. The summed E-state index contributed by atoms with van der Waals surface area (Å²) in [5, 5.41) is 23.9. The summed E-state index contributed by atoms with van der Waals surface area (Å²) in [5.41, 5.74) is 0. The molecule has 0 aromatic heterocycles. The van der Waals surface area contributed by atoms with Gasteiger partial charge < -0.3 is 15.3 Å². The van der Waals surface area contributed by atoms with E-state index in [1.807, 2.05) is 0 Å². The van der Waals surface area contributed by atoms with Gasteiger partial charge in [-0.3, -0.25) is 0 Å². The average Bonchev–Trinajstić information content (AvgIpc) is 2.07. The molecule has 0 aliphatic carbocycles. The molecular formula is C6H14F2O3. The molecule has 0 bridgehead atoms. The predicted molar refractivity (Wildman–Crippen MR) is 36.7 cm³/mol. The maximum atomic E-state index is 11.4. The van der Waals surface area contributed by atoms with E-state index < -0.39 is 25.6 Å². The van der Waals surface area contributed by atoms with Crippen LogP contribution in [-0.4, -0.2) is 48.0 Å². The normalized spacial score (nSPS) is 14.7. The van der Waals surface area contributed by atoms with Crippen LogP contribution in [0.3, 0.4) is 0 Å². The largest absolute Gasteiger partial charge is 0.400 e. The van der Waals surface area contributed by atoms with Crippen LogP contribution in [0.4, 0.5) is 8.78 Å². The van der Waals surface area contributed by atoms with Gasteiger partial charge in [0.2, 0.25) is 0 Å². The van der Waals surface area contributed by atoms with Gasteiger partial charge >= 0.3 is 0 Å². The summed E-state index contributed by atoms with van der Waals surface area (Å²) in [6.07, 6.45) is -2.68. The summed E-state index contributed by atoms with van der Waals surface area (Å²) in [4.78, 5) is 0. The molecule has 0 spiro atoms. The highest BCUT2D eigenvalue weighted by Crippen LogP contribution is 1.98. The Balaban J connectivity index is 0. The van der Waals surface area contributed by atoms with Gasteiger partial charge in [0.05, 0.1) is 12.2 Å². The Labute approximate surface area is 64.3 Å². The van der Waals surface area contributed by atoms with Gasteiger partial charge in [-0.1, -0.05) is 0 Å². The molecule has 0 saturated heterocycles. The topological polar surface area (TPSA) is 60.7 Å². The Hall–Kier alpha value is -0.260. The zero-order valence-corrected chi connectivity index (χ0v) is 6.37. The van der Waals surface area contributed by atoms with Gasteiger partial charge in [-0.2, -0.15) is 0 Å². The molecule has 3 nitrogen and oxygen atoms in total. The van der Waals surface area contributed by atoms with Crippen molar-refractivity contribution in [3.05, 3.63) is 0 Å². The van der Waals surface area contributed by atoms with Crippen LogP contribution < -0.4 is 0 Å². The molecule has 0 rings (SSSR count). The van der Waals surface area contributed by atoms with Crippen LogP contribution in [0.15, 0.2) is 0 Å². The minimum Gasteiger partial charge on any atom is -0.400 e. The Kier molecular flexibility index (Phi) is 11.8. The number of hydrogen-bond donors (Lipinski definition) is 3. The molecule has 0 aliphatic rings. The number of rotatable bonds is 4. The van der Waals surface area contributed by atoms with Crippen molar-refractivity contribution in [3.8, 4) is 0 Å². The van der Waals surface area contributed by atoms with Crippen LogP contribution in [0.25, 0.3) is 0 Å². The first-order valence-corrected chi connectivity index (χ1v) is 3.13. The molecule has 0 radical (unpaired) electrons. The van der Waals surface area contributed by atoms with Crippen molar-refractivity contribution in [1.82, 2.24) is 0 Å². The van der Waals surface area contributed by atoms with E-state index in [0.29, 0.717) is 0 Å². The Morgan fingerprint density at radius 1 is 1.00 bits per heavy atom. The van der Waals surface area contributed by atoms with E-state index in [4.69, 9.17) is 15.3 Å². The molecule has 5 heteroatoms.